The van der Waals surface area contributed by atoms with Crippen LogP contribution < -0.4 is 5.32 Å². The standard InChI is InChI=1S/C27H26FN3O5/c28-21-9-4-8-20(16-21)25(33)30-13-11-27(12-14-30)31(26(34)19-6-2-1-3-7-19)23(18-36-27)24(32)29-17-22-10-5-15-35-22/h1-10,15-16,23H,11-14,17-18H2,(H,29,32)/t23-/m0/s1. The molecule has 36 heavy (non-hydrogen) atoms. The van der Waals surface area contributed by atoms with E-state index in [-0.39, 0.29) is 36.4 Å². The summed E-state index contributed by atoms with van der Waals surface area (Å²) in [7, 11) is 0. The fraction of sp³-hybridized carbons (Fsp3) is 0.296. The molecule has 9 heteroatoms. The summed E-state index contributed by atoms with van der Waals surface area (Å²) in [5.74, 6) is -0.809. The number of furan rings is 1. The van der Waals surface area contributed by atoms with Crippen molar-refractivity contribution in [2.75, 3.05) is 19.7 Å². The van der Waals surface area contributed by atoms with Gasteiger partial charge in [0.2, 0.25) is 5.91 Å². The number of nitrogens with one attached hydrogen (secondary N) is 1. The number of piperidine rings is 1. The molecule has 0 saturated carbocycles. The lowest BCUT2D eigenvalue weighted by molar-refractivity contribution is -0.128. The van der Waals surface area contributed by atoms with Crippen molar-refractivity contribution >= 4 is 17.7 Å². The first kappa shape index (κ1) is 23.7. The number of benzene rings is 2. The third kappa shape index (κ3) is 4.61. The van der Waals surface area contributed by atoms with E-state index in [1.54, 1.807) is 47.4 Å². The van der Waals surface area contributed by atoms with Gasteiger partial charge in [0.05, 0.1) is 19.4 Å². The Labute approximate surface area is 207 Å². The highest BCUT2D eigenvalue weighted by atomic mass is 19.1. The van der Waals surface area contributed by atoms with Crippen molar-refractivity contribution in [3.05, 3.63) is 95.7 Å². The number of nitrogens with zero attached hydrogens (tertiary/aromatic N) is 2. The first-order chi connectivity index (χ1) is 17.5. The summed E-state index contributed by atoms with van der Waals surface area (Å²) in [5.41, 5.74) is -0.312. The summed E-state index contributed by atoms with van der Waals surface area (Å²) >= 11 is 0. The van der Waals surface area contributed by atoms with Crippen molar-refractivity contribution in [1.82, 2.24) is 15.1 Å². The summed E-state index contributed by atoms with van der Waals surface area (Å²) in [4.78, 5) is 42.9. The van der Waals surface area contributed by atoms with E-state index in [1.807, 2.05) is 6.07 Å². The molecule has 2 fully saturated rings. The molecule has 3 aromatic rings. The van der Waals surface area contributed by atoms with E-state index in [1.165, 1.54) is 29.4 Å². The third-order valence-electron chi connectivity index (χ3n) is 6.72. The second-order valence-electron chi connectivity index (χ2n) is 8.91. The number of carbonyl (C=O) groups is 3. The lowest BCUT2D eigenvalue weighted by atomic mass is 9.96. The Morgan fingerprint density at radius 2 is 1.69 bits per heavy atom. The van der Waals surface area contributed by atoms with E-state index in [0.717, 1.165) is 0 Å². The number of rotatable bonds is 5. The summed E-state index contributed by atoms with van der Waals surface area (Å²) in [6.07, 6.45) is 2.18. The Morgan fingerprint density at radius 1 is 0.944 bits per heavy atom. The highest BCUT2D eigenvalue weighted by Gasteiger charge is 2.54. The number of likely N-dealkylation sites (tertiary alicyclic amines) is 1. The van der Waals surface area contributed by atoms with Gasteiger partial charge in [-0.1, -0.05) is 24.3 Å². The smallest absolute Gasteiger partial charge is 0.256 e. The van der Waals surface area contributed by atoms with Crippen molar-refractivity contribution in [2.24, 2.45) is 0 Å². The van der Waals surface area contributed by atoms with E-state index in [2.05, 4.69) is 5.32 Å². The Morgan fingerprint density at radius 3 is 2.39 bits per heavy atom. The molecule has 8 nitrogen and oxygen atoms in total. The fourth-order valence-electron chi connectivity index (χ4n) is 4.86. The van der Waals surface area contributed by atoms with Gasteiger partial charge in [0.25, 0.3) is 11.8 Å². The number of ether oxygens (including phenoxy) is 1. The van der Waals surface area contributed by atoms with Gasteiger partial charge in [0, 0.05) is 37.1 Å². The Balaban J connectivity index is 1.35. The predicted molar refractivity (Wildman–Crippen MR) is 127 cm³/mol. The van der Waals surface area contributed by atoms with E-state index >= 15 is 0 Å². The molecular weight excluding hydrogens is 465 g/mol. The van der Waals surface area contributed by atoms with Gasteiger partial charge in [0.15, 0.2) is 0 Å². The molecule has 2 aromatic carbocycles. The summed E-state index contributed by atoms with van der Waals surface area (Å²) < 4.78 is 25.1. The largest absolute Gasteiger partial charge is 0.467 e. The van der Waals surface area contributed by atoms with Gasteiger partial charge >= 0.3 is 0 Å². The number of hydrogen-bond acceptors (Lipinski definition) is 5. The lowest BCUT2D eigenvalue weighted by Gasteiger charge is -2.44. The van der Waals surface area contributed by atoms with Crippen LogP contribution >= 0.6 is 0 Å². The van der Waals surface area contributed by atoms with E-state index in [4.69, 9.17) is 9.15 Å². The zero-order valence-electron chi connectivity index (χ0n) is 19.6. The van der Waals surface area contributed by atoms with E-state index < -0.39 is 17.6 Å². The molecule has 0 unspecified atom stereocenters. The summed E-state index contributed by atoms with van der Waals surface area (Å²) in [5, 5.41) is 2.83. The van der Waals surface area contributed by atoms with Gasteiger partial charge in [0.1, 0.15) is 23.3 Å². The first-order valence-electron chi connectivity index (χ1n) is 11.8. The quantitative estimate of drug-likeness (QED) is 0.592. The number of halogens is 1. The molecule has 2 aliphatic rings. The van der Waals surface area contributed by atoms with Crippen LogP contribution in [0, 0.1) is 5.82 Å². The van der Waals surface area contributed by atoms with Crippen LogP contribution in [0.25, 0.3) is 0 Å². The molecule has 2 saturated heterocycles. The third-order valence-corrected chi connectivity index (χ3v) is 6.72. The number of hydrogen-bond donors (Lipinski definition) is 1. The maximum atomic E-state index is 13.7. The zero-order valence-corrected chi connectivity index (χ0v) is 19.6. The molecule has 0 aliphatic carbocycles. The SMILES string of the molecule is O=C(NCc1ccco1)[C@@H]1COC2(CCN(C(=O)c3cccc(F)c3)CC2)N1C(=O)c1ccccc1. The first-order valence-corrected chi connectivity index (χ1v) is 11.8. The van der Waals surface area contributed by atoms with Gasteiger partial charge in [-0.15, -0.1) is 0 Å². The Hall–Kier alpha value is -3.98. The van der Waals surface area contributed by atoms with Crippen molar-refractivity contribution in [3.8, 4) is 0 Å². The van der Waals surface area contributed by atoms with Gasteiger partial charge < -0.3 is 19.4 Å². The number of carbonyl (C=O) groups excluding carboxylic acids is 3. The van der Waals surface area contributed by atoms with Crippen LogP contribution in [0.4, 0.5) is 4.39 Å². The predicted octanol–water partition coefficient (Wildman–Crippen LogP) is 3.21. The molecule has 1 aromatic heterocycles. The van der Waals surface area contributed by atoms with Crippen molar-refractivity contribution in [2.45, 2.75) is 31.2 Å². The van der Waals surface area contributed by atoms with Crippen LogP contribution in [0.3, 0.4) is 0 Å². The molecular formula is C27H26FN3O5. The van der Waals surface area contributed by atoms with Gasteiger partial charge in [-0.05, 0) is 42.5 Å². The average Bonchev–Trinajstić information content (AvgIpc) is 3.56. The minimum absolute atomic E-state index is 0.0421. The Bertz CT molecular complexity index is 1240. The van der Waals surface area contributed by atoms with E-state index in [0.29, 0.717) is 37.3 Å². The van der Waals surface area contributed by atoms with Crippen molar-refractivity contribution in [3.63, 3.8) is 0 Å². The normalized spacial score (nSPS) is 18.9. The highest BCUT2D eigenvalue weighted by Crippen LogP contribution is 2.38. The fourth-order valence-corrected chi connectivity index (χ4v) is 4.86. The van der Waals surface area contributed by atoms with E-state index in [9.17, 15) is 18.8 Å². The average molecular weight is 492 g/mol. The van der Waals surface area contributed by atoms with Crippen LogP contribution in [0.2, 0.25) is 0 Å². The van der Waals surface area contributed by atoms with Crippen LogP contribution in [0.15, 0.2) is 77.4 Å². The van der Waals surface area contributed by atoms with Crippen LogP contribution in [-0.2, 0) is 16.1 Å². The lowest BCUT2D eigenvalue weighted by Crippen LogP contribution is -2.59. The maximum absolute atomic E-state index is 13.7. The second kappa shape index (κ2) is 9.94. The zero-order chi connectivity index (χ0) is 25.1. The van der Waals surface area contributed by atoms with Crippen molar-refractivity contribution < 1.29 is 27.9 Å². The minimum atomic E-state index is -1.03. The molecule has 0 radical (unpaired) electrons. The van der Waals surface area contributed by atoms with Crippen LogP contribution in [0.5, 0.6) is 0 Å². The van der Waals surface area contributed by atoms with Crippen LogP contribution in [-0.4, -0.2) is 59.0 Å². The van der Waals surface area contributed by atoms with Gasteiger partial charge in [-0.2, -0.15) is 0 Å². The van der Waals surface area contributed by atoms with Gasteiger partial charge in [-0.25, -0.2) is 4.39 Å². The highest BCUT2D eigenvalue weighted by molar-refractivity contribution is 5.98. The number of amides is 3. The monoisotopic (exact) mass is 491 g/mol. The molecule has 1 atom stereocenters. The molecule has 5 rings (SSSR count). The molecule has 1 N–H and O–H groups in total. The van der Waals surface area contributed by atoms with Gasteiger partial charge in [-0.3, -0.25) is 19.3 Å². The maximum Gasteiger partial charge on any atom is 0.256 e. The topological polar surface area (TPSA) is 92.1 Å². The molecule has 0 bridgehead atoms. The molecule has 186 valence electrons. The Kier molecular flexibility index (Phi) is 6.56. The molecule has 1 spiro atoms. The molecule has 2 aliphatic heterocycles. The van der Waals surface area contributed by atoms with Crippen molar-refractivity contribution in [1.29, 1.82) is 0 Å². The molecule has 3 amide bonds. The van der Waals surface area contributed by atoms with Crippen LogP contribution in [0.1, 0.15) is 39.3 Å². The summed E-state index contributed by atoms with van der Waals surface area (Å²) in [6, 6.07) is 17.0. The second-order valence-corrected chi connectivity index (χ2v) is 8.91. The minimum Gasteiger partial charge on any atom is -0.467 e. The summed E-state index contributed by atoms with van der Waals surface area (Å²) in [6.45, 7) is 0.836. The molecule has 3 heterocycles.